The van der Waals surface area contributed by atoms with Gasteiger partial charge in [0.2, 0.25) is 0 Å². The lowest BCUT2D eigenvalue weighted by atomic mass is 10.1. The van der Waals surface area contributed by atoms with Crippen LogP contribution in [0, 0.1) is 0 Å². The van der Waals surface area contributed by atoms with Gasteiger partial charge < -0.3 is 20.1 Å². The molecule has 0 heterocycles. The molecule has 0 aliphatic heterocycles. The summed E-state index contributed by atoms with van der Waals surface area (Å²) in [6.45, 7) is 3.08. The number of nitrogens with one attached hydrogen (secondary N) is 2. The number of carbonyl (C=O) groups excluding carboxylic acids is 1. The lowest BCUT2D eigenvalue weighted by Crippen LogP contribution is -2.31. The number of amides is 2. The highest BCUT2D eigenvalue weighted by Gasteiger charge is 2.41. The minimum Gasteiger partial charge on any atom is -0.496 e. The Morgan fingerprint density at radius 1 is 1.16 bits per heavy atom. The van der Waals surface area contributed by atoms with E-state index in [1.54, 1.807) is 7.11 Å². The van der Waals surface area contributed by atoms with Crippen molar-refractivity contribution in [3.05, 3.63) is 59.7 Å². The van der Waals surface area contributed by atoms with Gasteiger partial charge in [-0.25, -0.2) is 4.79 Å². The number of methoxy groups -OCH3 is 1. The third-order valence-corrected chi connectivity index (χ3v) is 4.37. The number of ether oxygens (including phenoxy) is 2. The van der Waals surface area contributed by atoms with Crippen LogP contribution in [0.4, 0.5) is 10.5 Å². The molecular formula is C20H24N2O3. The smallest absolute Gasteiger partial charge is 0.319 e. The maximum atomic E-state index is 12.3. The van der Waals surface area contributed by atoms with Crippen LogP contribution in [-0.2, 0) is 11.3 Å². The molecule has 0 radical (unpaired) electrons. The van der Waals surface area contributed by atoms with E-state index in [9.17, 15) is 4.79 Å². The van der Waals surface area contributed by atoms with Crippen molar-refractivity contribution in [1.29, 1.82) is 0 Å². The number of hydrogen-bond donors (Lipinski definition) is 2. The minimum absolute atomic E-state index is 0.135. The Bertz CT molecular complexity index is 732. The molecule has 3 rings (SSSR count). The Hall–Kier alpha value is -2.53. The van der Waals surface area contributed by atoms with E-state index in [4.69, 9.17) is 9.47 Å². The summed E-state index contributed by atoms with van der Waals surface area (Å²) in [5, 5.41) is 5.97. The van der Waals surface area contributed by atoms with Crippen molar-refractivity contribution in [3.8, 4) is 5.75 Å². The number of benzene rings is 2. The van der Waals surface area contributed by atoms with E-state index in [-0.39, 0.29) is 12.1 Å². The van der Waals surface area contributed by atoms with Crippen LogP contribution in [0.2, 0.25) is 0 Å². The summed E-state index contributed by atoms with van der Waals surface area (Å²) in [6.07, 6.45) is 0.925. The molecule has 2 aromatic rings. The predicted molar refractivity (Wildman–Crippen MR) is 98.1 cm³/mol. The zero-order valence-electron chi connectivity index (χ0n) is 14.6. The Morgan fingerprint density at radius 3 is 2.72 bits per heavy atom. The third kappa shape index (κ3) is 4.31. The zero-order valence-corrected chi connectivity index (χ0v) is 14.6. The Morgan fingerprint density at radius 2 is 1.92 bits per heavy atom. The molecule has 25 heavy (non-hydrogen) atoms. The van der Waals surface area contributed by atoms with Gasteiger partial charge in [0.15, 0.2) is 0 Å². The number of anilines is 1. The van der Waals surface area contributed by atoms with Crippen LogP contribution in [0.5, 0.6) is 5.75 Å². The summed E-state index contributed by atoms with van der Waals surface area (Å²) in [5.41, 5.74) is 2.89. The molecule has 2 amide bonds. The maximum absolute atomic E-state index is 12.3. The van der Waals surface area contributed by atoms with E-state index >= 15 is 0 Å². The summed E-state index contributed by atoms with van der Waals surface area (Å²) in [7, 11) is 1.67. The lowest BCUT2D eigenvalue weighted by Gasteiger charge is -2.12. The minimum atomic E-state index is -0.189. The monoisotopic (exact) mass is 340 g/mol. The molecule has 2 aromatic carbocycles. The maximum Gasteiger partial charge on any atom is 0.319 e. The topological polar surface area (TPSA) is 59.6 Å². The molecule has 2 atom stereocenters. The highest BCUT2D eigenvalue weighted by Crippen LogP contribution is 2.44. The quantitative estimate of drug-likeness (QED) is 0.803. The fourth-order valence-electron chi connectivity index (χ4n) is 2.98. The van der Waals surface area contributed by atoms with Gasteiger partial charge in [0, 0.05) is 29.8 Å². The Kier molecular flexibility index (Phi) is 5.56. The van der Waals surface area contributed by atoms with E-state index in [0.717, 1.165) is 29.0 Å². The van der Waals surface area contributed by atoms with Gasteiger partial charge in [-0.2, -0.15) is 0 Å². The largest absolute Gasteiger partial charge is 0.496 e. The standard InChI is InChI=1S/C20H24N2O3/c1-3-25-13-14-8-4-6-10-17(14)21-20(23)22-18-12-16(18)15-9-5-7-11-19(15)24-2/h4-11,16,18H,3,12-13H2,1-2H3,(H2,21,22,23)/t16-,18-/m1/s1. The van der Waals surface area contributed by atoms with Crippen LogP contribution in [0.15, 0.2) is 48.5 Å². The summed E-state index contributed by atoms with van der Waals surface area (Å²) in [6, 6.07) is 15.6. The van der Waals surface area contributed by atoms with Gasteiger partial charge in [-0.05, 0) is 31.0 Å². The van der Waals surface area contributed by atoms with Gasteiger partial charge in [0.25, 0.3) is 0 Å². The zero-order chi connectivity index (χ0) is 17.6. The van der Waals surface area contributed by atoms with Gasteiger partial charge in [0.05, 0.1) is 13.7 Å². The normalized spacial score (nSPS) is 18.5. The summed E-state index contributed by atoms with van der Waals surface area (Å²) in [4.78, 5) is 12.3. The van der Waals surface area contributed by atoms with Crippen molar-refractivity contribution in [2.45, 2.75) is 31.9 Å². The van der Waals surface area contributed by atoms with Crippen molar-refractivity contribution in [2.75, 3.05) is 19.0 Å². The molecule has 1 fully saturated rings. The van der Waals surface area contributed by atoms with Gasteiger partial charge in [0.1, 0.15) is 5.75 Å². The summed E-state index contributed by atoms with van der Waals surface area (Å²) < 4.78 is 10.9. The van der Waals surface area contributed by atoms with Crippen LogP contribution >= 0.6 is 0 Å². The van der Waals surface area contributed by atoms with Gasteiger partial charge in [-0.3, -0.25) is 0 Å². The number of hydrogen-bond acceptors (Lipinski definition) is 3. The van der Waals surface area contributed by atoms with Crippen LogP contribution in [0.25, 0.3) is 0 Å². The fraction of sp³-hybridized carbons (Fsp3) is 0.350. The molecule has 1 saturated carbocycles. The van der Waals surface area contributed by atoms with Crippen molar-refractivity contribution < 1.29 is 14.3 Å². The molecule has 2 N–H and O–H groups in total. The average molecular weight is 340 g/mol. The molecule has 132 valence electrons. The van der Waals surface area contributed by atoms with E-state index in [2.05, 4.69) is 16.7 Å². The Balaban J connectivity index is 1.58. The molecule has 5 nitrogen and oxygen atoms in total. The number of carbonyl (C=O) groups is 1. The first-order valence-electron chi connectivity index (χ1n) is 8.59. The second-order valence-electron chi connectivity index (χ2n) is 6.08. The molecule has 0 aromatic heterocycles. The predicted octanol–water partition coefficient (Wildman–Crippen LogP) is 3.91. The lowest BCUT2D eigenvalue weighted by molar-refractivity contribution is 0.134. The van der Waals surface area contributed by atoms with Crippen LogP contribution in [-0.4, -0.2) is 25.8 Å². The molecule has 0 spiro atoms. The van der Waals surface area contributed by atoms with Gasteiger partial charge in [-0.1, -0.05) is 36.4 Å². The molecule has 1 aliphatic carbocycles. The summed E-state index contributed by atoms with van der Waals surface area (Å²) >= 11 is 0. The first kappa shape index (κ1) is 17.3. The molecule has 0 bridgehead atoms. The first-order valence-corrected chi connectivity index (χ1v) is 8.59. The van der Waals surface area contributed by atoms with E-state index in [0.29, 0.717) is 19.1 Å². The number of rotatable bonds is 7. The SMILES string of the molecule is CCOCc1ccccc1NC(=O)N[C@@H]1C[C@@H]1c1ccccc1OC. The van der Waals surface area contributed by atoms with Gasteiger partial charge in [-0.15, -0.1) is 0 Å². The molecule has 1 aliphatic rings. The van der Waals surface area contributed by atoms with Crippen molar-refractivity contribution in [3.63, 3.8) is 0 Å². The number of urea groups is 1. The second-order valence-corrected chi connectivity index (χ2v) is 6.08. The fourth-order valence-corrected chi connectivity index (χ4v) is 2.98. The van der Waals surface area contributed by atoms with E-state index in [1.165, 1.54) is 0 Å². The van der Waals surface area contributed by atoms with E-state index < -0.39 is 0 Å². The van der Waals surface area contributed by atoms with E-state index in [1.807, 2.05) is 49.4 Å². The van der Waals surface area contributed by atoms with Gasteiger partial charge >= 0.3 is 6.03 Å². The van der Waals surface area contributed by atoms with Crippen LogP contribution in [0.3, 0.4) is 0 Å². The molecular weight excluding hydrogens is 316 g/mol. The highest BCUT2D eigenvalue weighted by molar-refractivity contribution is 5.90. The van der Waals surface area contributed by atoms with Crippen molar-refractivity contribution >= 4 is 11.7 Å². The molecule has 0 saturated heterocycles. The van der Waals surface area contributed by atoms with Crippen LogP contribution in [0.1, 0.15) is 30.4 Å². The summed E-state index contributed by atoms with van der Waals surface area (Å²) in [5.74, 6) is 1.18. The third-order valence-electron chi connectivity index (χ3n) is 4.37. The second kappa shape index (κ2) is 8.03. The molecule has 5 heteroatoms. The average Bonchev–Trinajstić information content (AvgIpc) is 3.39. The highest BCUT2D eigenvalue weighted by atomic mass is 16.5. The Labute approximate surface area is 148 Å². The number of para-hydroxylation sites is 2. The van der Waals surface area contributed by atoms with Crippen molar-refractivity contribution in [2.24, 2.45) is 0 Å². The first-order chi connectivity index (χ1) is 12.2. The molecule has 0 unspecified atom stereocenters. The van der Waals surface area contributed by atoms with Crippen LogP contribution < -0.4 is 15.4 Å². The van der Waals surface area contributed by atoms with Crippen molar-refractivity contribution in [1.82, 2.24) is 5.32 Å².